The fraction of sp³-hybridized carbons (Fsp3) is 0.200. The van der Waals surface area contributed by atoms with Gasteiger partial charge < -0.3 is 4.18 Å². The summed E-state index contributed by atoms with van der Waals surface area (Å²) in [4.78, 5) is 0. The highest BCUT2D eigenvalue weighted by atomic mass is 35.5. The van der Waals surface area contributed by atoms with E-state index in [1.807, 2.05) is 0 Å². The molecule has 0 aliphatic heterocycles. The fourth-order valence-electron chi connectivity index (χ4n) is 1.97. The van der Waals surface area contributed by atoms with Crippen LogP contribution in [0, 0.1) is 0 Å². The summed E-state index contributed by atoms with van der Waals surface area (Å²) in [5, 5.41) is 8.36. The topological polar surface area (TPSA) is 68.1 Å². The molecule has 0 fully saturated rings. The molecule has 5 nitrogen and oxygen atoms in total. The Morgan fingerprint density at radius 2 is 1.48 bits per heavy atom. The van der Waals surface area contributed by atoms with Gasteiger partial charge in [-0.05, 0) is 35.4 Å². The zero-order chi connectivity index (χ0) is 18.7. The summed E-state index contributed by atoms with van der Waals surface area (Å²) < 4.78 is 63.1. The number of rotatable bonds is 5. The zero-order valence-electron chi connectivity index (χ0n) is 12.7. The molecule has 0 N–H and O–H groups in total. The van der Waals surface area contributed by atoms with Crippen molar-refractivity contribution in [2.75, 3.05) is 7.05 Å². The molecule has 0 aliphatic carbocycles. The van der Waals surface area contributed by atoms with Crippen molar-refractivity contribution < 1.29 is 25.8 Å². The fourth-order valence-corrected chi connectivity index (χ4v) is 2.55. The first-order chi connectivity index (χ1) is 11.6. The summed E-state index contributed by atoms with van der Waals surface area (Å²) >= 11 is 5.84. The van der Waals surface area contributed by atoms with Crippen LogP contribution in [-0.2, 0) is 10.1 Å². The van der Waals surface area contributed by atoms with Crippen molar-refractivity contribution in [1.29, 1.82) is 0 Å². The highest BCUT2D eigenvalue weighted by molar-refractivity contribution is 7.88. The van der Waals surface area contributed by atoms with Crippen LogP contribution in [0.1, 0.15) is 17.2 Å². The van der Waals surface area contributed by atoms with Gasteiger partial charge in [-0.3, -0.25) is 0 Å². The third-order valence-electron chi connectivity index (χ3n) is 3.10. The van der Waals surface area contributed by atoms with Crippen molar-refractivity contribution in [3.63, 3.8) is 0 Å². The second-order valence-corrected chi connectivity index (χ2v) is 6.80. The average Bonchev–Trinajstić information content (AvgIpc) is 2.53. The van der Waals surface area contributed by atoms with Crippen LogP contribution in [0.5, 0.6) is 5.75 Å². The highest BCUT2D eigenvalue weighted by Gasteiger charge is 2.48. The van der Waals surface area contributed by atoms with Gasteiger partial charge in [0.1, 0.15) is 11.8 Å². The van der Waals surface area contributed by atoms with Crippen molar-refractivity contribution in [1.82, 2.24) is 0 Å². The summed E-state index contributed by atoms with van der Waals surface area (Å²) in [5.41, 5.74) is -4.15. The average molecular weight is 393 g/mol. The van der Waals surface area contributed by atoms with Crippen LogP contribution >= 0.6 is 11.6 Å². The lowest BCUT2D eigenvalue weighted by atomic mass is 9.99. The van der Waals surface area contributed by atoms with E-state index < -0.39 is 27.4 Å². The van der Waals surface area contributed by atoms with E-state index in [9.17, 15) is 21.6 Å². The van der Waals surface area contributed by atoms with Gasteiger partial charge in [-0.25, -0.2) is 0 Å². The van der Waals surface area contributed by atoms with E-state index in [0.29, 0.717) is 10.6 Å². The molecule has 1 atom stereocenters. The van der Waals surface area contributed by atoms with Crippen LogP contribution in [0.25, 0.3) is 0 Å². The molecule has 0 aromatic heterocycles. The molecule has 134 valence electrons. The minimum Gasteiger partial charge on any atom is -0.376 e. The maximum Gasteiger partial charge on any atom is 0.534 e. The van der Waals surface area contributed by atoms with Crippen molar-refractivity contribution in [2.24, 2.45) is 10.2 Å². The maximum absolute atomic E-state index is 12.3. The third-order valence-corrected chi connectivity index (χ3v) is 4.33. The first-order valence-corrected chi connectivity index (χ1v) is 8.58. The molecule has 0 saturated heterocycles. The standard InChI is InChI=1S/C15H12ClF3N2O3S/c1-20-21-14(10-2-6-12(16)7-3-10)11-4-8-13(9-5-11)24-25(22,23)15(17,18)19/h2-9,14H,1H3. The van der Waals surface area contributed by atoms with Gasteiger partial charge in [-0.1, -0.05) is 35.9 Å². The molecule has 0 radical (unpaired) electrons. The number of hydrogen-bond donors (Lipinski definition) is 0. The molecular weight excluding hydrogens is 381 g/mol. The quantitative estimate of drug-likeness (QED) is 0.419. The lowest BCUT2D eigenvalue weighted by Gasteiger charge is -2.14. The first kappa shape index (κ1) is 19.2. The van der Waals surface area contributed by atoms with Gasteiger partial charge in [-0.15, -0.1) is 0 Å². The molecule has 10 heteroatoms. The molecule has 0 spiro atoms. The molecule has 2 aromatic rings. The summed E-state index contributed by atoms with van der Waals surface area (Å²) in [6, 6.07) is 11.4. The predicted octanol–water partition coefficient (Wildman–Crippen LogP) is 4.74. The normalized spacial score (nSPS) is 13.8. The Bertz CT molecular complexity index is 851. The molecule has 0 bridgehead atoms. The Labute approximate surface area is 147 Å². The van der Waals surface area contributed by atoms with Crippen LogP contribution in [0.3, 0.4) is 0 Å². The van der Waals surface area contributed by atoms with Crippen molar-refractivity contribution in [2.45, 2.75) is 11.6 Å². The number of hydrogen-bond acceptors (Lipinski definition) is 5. The number of benzene rings is 2. The number of azo groups is 1. The molecule has 25 heavy (non-hydrogen) atoms. The molecule has 1 unspecified atom stereocenters. The van der Waals surface area contributed by atoms with E-state index >= 15 is 0 Å². The van der Waals surface area contributed by atoms with Crippen LogP contribution in [0.4, 0.5) is 13.2 Å². The van der Waals surface area contributed by atoms with Gasteiger partial charge >= 0.3 is 15.6 Å². The Balaban J connectivity index is 2.29. The molecular formula is C15H12ClF3N2O3S. The van der Waals surface area contributed by atoms with E-state index in [0.717, 1.165) is 17.7 Å². The van der Waals surface area contributed by atoms with Crippen LogP contribution in [-0.4, -0.2) is 21.0 Å². The molecule has 0 aliphatic rings. The summed E-state index contributed by atoms with van der Waals surface area (Å²) in [5.74, 6) is -0.454. The monoisotopic (exact) mass is 392 g/mol. The summed E-state index contributed by atoms with van der Waals surface area (Å²) in [6.45, 7) is 0. The van der Waals surface area contributed by atoms with Gasteiger partial charge in [-0.2, -0.15) is 31.8 Å². The van der Waals surface area contributed by atoms with Crippen molar-refractivity contribution in [3.05, 3.63) is 64.7 Å². The van der Waals surface area contributed by atoms with Crippen LogP contribution < -0.4 is 4.18 Å². The molecule has 0 saturated carbocycles. The molecule has 0 amide bonds. The molecule has 0 heterocycles. The first-order valence-electron chi connectivity index (χ1n) is 6.79. The SMILES string of the molecule is CN=NC(c1ccc(Cl)cc1)c1ccc(OS(=O)(=O)C(F)(F)F)cc1. The van der Waals surface area contributed by atoms with Gasteiger partial charge in [0.25, 0.3) is 0 Å². The number of nitrogens with zero attached hydrogens (tertiary/aromatic N) is 2. The van der Waals surface area contributed by atoms with E-state index in [2.05, 4.69) is 14.4 Å². The Hall–Kier alpha value is -2.13. The second kappa shape index (κ2) is 7.40. The minimum atomic E-state index is -5.71. The molecule has 2 rings (SSSR count). The Kier molecular flexibility index (Phi) is 5.69. The maximum atomic E-state index is 12.3. The third kappa shape index (κ3) is 4.70. The summed E-state index contributed by atoms with van der Waals surface area (Å²) in [6.07, 6.45) is 0. The van der Waals surface area contributed by atoms with Crippen LogP contribution in [0.2, 0.25) is 5.02 Å². The van der Waals surface area contributed by atoms with Crippen LogP contribution in [0.15, 0.2) is 58.8 Å². The van der Waals surface area contributed by atoms with E-state index in [1.165, 1.54) is 19.2 Å². The van der Waals surface area contributed by atoms with E-state index in [1.54, 1.807) is 24.3 Å². The van der Waals surface area contributed by atoms with E-state index in [-0.39, 0.29) is 0 Å². The lowest BCUT2D eigenvalue weighted by molar-refractivity contribution is -0.0500. The lowest BCUT2D eigenvalue weighted by Crippen LogP contribution is -2.28. The van der Waals surface area contributed by atoms with Gasteiger partial charge in [0.2, 0.25) is 0 Å². The highest BCUT2D eigenvalue weighted by Crippen LogP contribution is 2.31. The van der Waals surface area contributed by atoms with Gasteiger partial charge in [0, 0.05) is 12.1 Å². The zero-order valence-corrected chi connectivity index (χ0v) is 14.3. The second-order valence-electron chi connectivity index (χ2n) is 4.82. The Morgan fingerprint density at radius 1 is 1.00 bits per heavy atom. The smallest absolute Gasteiger partial charge is 0.376 e. The summed E-state index contributed by atoms with van der Waals surface area (Å²) in [7, 11) is -4.23. The molecule has 2 aromatic carbocycles. The number of alkyl halides is 3. The largest absolute Gasteiger partial charge is 0.534 e. The Morgan fingerprint density at radius 3 is 1.92 bits per heavy atom. The van der Waals surface area contributed by atoms with Gasteiger partial charge in [0.15, 0.2) is 0 Å². The van der Waals surface area contributed by atoms with E-state index in [4.69, 9.17) is 11.6 Å². The van der Waals surface area contributed by atoms with Gasteiger partial charge in [0.05, 0.1) is 0 Å². The number of halogens is 4. The predicted molar refractivity (Wildman–Crippen MR) is 86.1 cm³/mol. The minimum absolute atomic E-state index is 0.454. The van der Waals surface area contributed by atoms with Crippen molar-refractivity contribution >= 4 is 21.7 Å². The van der Waals surface area contributed by atoms with Crippen molar-refractivity contribution in [3.8, 4) is 5.75 Å².